The molecule has 102 valence electrons. The number of aromatic nitrogens is 1. The predicted molar refractivity (Wildman–Crippen MR) is 73.0 cm³/mol. The second kappa shape index (κ2) is 5.67. The summed E-state index contributed by atoms with van der Waals surface area (Å²) in [5.41, 5.74) is 1.45. The third kappa shape index (κ3) is 3.30. The SMILES string of the molecule is Cc1nc(COc2ccc(F)cc2C(C)O)sc1C. The van der Waals surface area contributed by atoms with E-state index in [2.05, 4.69) is 4.98 Å². The van der Waals surface area contributed by atoms with Crippen molar-refractivity contribution in [2.45, 2.75) is 33.5 Å². The average Bonchev–Trinajstić information content (AvgIpc) is 2.67. The van der Waals surface area contributed by atoms with Gasteiger partial charge < -0.3 is 9.84 Å². The molecule has 2 aromatic rings. The summed E-state index contributed by atoms with van der Waals surface area (Å²) in [7, 11) is 0. The number of nitrogens with zero attached hydrogens (tertiary/aromatic N) is 1. The number of hydrogen-bond donors (Lipinski definition) is 1. The molecule has 2 rings (SSSR count). The fraction of sp³-hybridized carbons (Fsp3) is 0.357. The summed E-state index contributed by atoms with van der Waals surface area (Å²) >= 11 is 1.58. The second-order valence-corrected chi connectivity index (χ2v) is 5.68. The van der Waals surface area contributed by atoms with E-state index in [0.717, 1.165) is 15.6 Å². The molecule has 0 bridgehead atoms. The summed E-state index contributed by atoms with van der Waals surface area (Å²) in [4.78, 5) is 5.53. The van der Waals surface area contributed by atoms with Crippen molar-refractivity contribution in [3.8, 4) is 5.75 Å². The molecule has 1 heterocycles. The minimum Gasteiger partial charge on any atom is -0.486 e. The van der Waals surface area contributed by atoms with Crippen LogP contribution < -0.4 is 4.74 Å². The van der Waals surface area contributed by atoms with Gasteiger partial charge in [-0.05, 0) is 39.0 Å². The third-order valence-electron chi connectivity index (χ3n) is 2.85. The van der Waals surface area contributed by atoms with Gasteiger partial charge in [0.2, 0.25) is 0 Å². The molecule has 0 aliphatic rings. The number of thiazole rings is 1. The Morgan fingerprint density at radius 1 is 1.42 bits per heavy atom. The minimum absolute atomic E-state index is 0.324. The van der Waals surface area contributed by atoms with E-state index in [4.69, 9.17) is 4.74 Å². The number of ether oxygens (including phenoxy) is 1. The van der Waals surface area contributed by atoms with Gasteiger partial charge >= 0.3 is 0 Å². The van der Waals surface area contributed by atoms with E-state index >= 15 is 0 Å². The van der Waals surface area contributed by atoms with Crippen LogP contribution in [0.4, 0.5) is 4.39 Å². The van der Waals surface area contributed by atoms with Crippen LogP contribution in [0.25, 0.3) is 0 Å². The van der Waals surface area contributed by atoms with Crippen LogP contribution in [0.5, 0.6) is 5.75 Å². The summed E-state index contributed by atoms with van der Waals surface area (Å²) in [6, 6.07) is 4.14. The quantitative estimate of drug-likeness (QED) is 0.932. The van der Waals surface area contributed by atoms with Crippen molar-refractivity contribution in [3.05, 3.63) is 45.2 Å². The zero-order valence-corrected chi connectivity index (χ0v) is 11.9. The zero-order valence-electron chi connectivity index (χ0n) is 11.1. The molecule has 19 heavy (non-hydrogen) atoms. The monoisotopic (exact) mass is 281 g/mol. The fourth-order valence-corrected chi connectivity index (χ4v) is 2.56. The maximum atomic E-state index is 13.2. The highest BCUT2D eigenvalue weighted by Gasteiger charge is 2.12. The highest BCUT2D eigenvalue weighted by molar-refractivity contribution is 7.11. The maximum Gasteiger partial charge on any atom is 0.140 e. The minimum atomic E-state index is -0.773. The first-order valence-electron chi connectivity index (χ1n) is 6.00. The lowest BCUT2D eigenvalue weighted by molar-refractivity contribution is 0.189. The molecule has 0 aliphatic carbocycles. The van der Waals surface area contributed by atoms with Crippen molar-refractivity contribution < 1.29 is 14.2 Å². The number of aryl methyl sites for hydroxylation is 2. The number of hydrogen-bond acceptors (Lipinski definition) is 4. The van der Waals surface area contributed by atoms with E-state index in [-0.39, 0.29) is 5.82 Å². The Hall–Kier alpha value is -1.46. The lowest BCUT2D eigenvalue weighted by atomic mass is 10.1. The van der Waals surface area contributed by atoms with E-state index in [1.54, 1.807) is 18.3 Å². The van der Waals surface area contributed by atoms with Crippen LogP contribution in [-0.4, -0.2) is 10.1 Å². The smallest absolute Gasteiger partial charge is 0.140 e. The molecule has 1 aromatic heterocycles. The first kappa shape index (κ1) is 14.0. The van der Waals surface area contributed by atoms with Gasteiger partial charge in [0.1, 0.15) is 23.2 Å². The Morgan fingerprint density at radius 2 is 2.16 bits per heavy atom. The third-order valence-corrected chi connectivity index (χ3v) is 3.89. The number of benzene rings is 1. The van der Waals surface area contributed by atoms with Crippen LogP contribution in [0.2, 0.25) is 0 Å². The summed E-state index contributed by atoms with van der Waals surface area (Å²) in [6.45, 7) is 5.87. The number of rotatable bonds is 4. The van der Waals surface area contributed by atoms with Crippen molar-refractivity contribution >= 4 is 11.3 Å². The molecule has 5 heteroatoms. The van der Waals surface area contributed by atoms with Gasteiger partial charge in [-0.2, -0.15) is 0 Å². The highest BCUT2D eigenvalue weighted by atomic mass is 32.1. The van der Waals surface area contributed by atoms with Gasteiger partial charge in [-0.15, -0.1) is 11.3 Å². The van der Waals surface area contributed by atoms with Gasteiger partial charge in [0.25, 0.3) is 0 Å². The standard InChI is InChI=1S/C14H16FNO2S/c1-8-10(3)19-14(16-8)7-18-13-5-4-11(15)6-12(13)9(2)17/h4-6,9,17H,7H2,1-3H3. The molecule has 1 N–H and O–H groups in total. The Morgan fingerprint density at radius 3 is 2.74 bits per heavy atom. The molecule has 0 spiro atoms. The Kier molecular flexibility index (Phi) is 4.17. The topological polar surface area (TPSA) is 42.4 Å². The largest absolute Gasteiger partial charge is 0.486 e. The van der Waals surface area contributed by atoms with E-state index < -0.39 is 6.10 Å². The van der Waals surface area contributed by atoms with E-state index in [1.165, 1.54) is 18.2 Å². The zero-order chi connectivity index (χ0) is 14.0. The van der Waals surface area contributed by atoms with E-state index in [1.807, 2.05) is 13.8 Å². The normalized spacial score (nSPS) is 12.5. The first-order valence-corrected chi connectivity index (χ1v) is 6.82. The molecule has 1 aromatic carbocycles. The molecule has 0 radical (unpaired) electrons. The second-order valence-electron chi connectivity index (χ2n) is 4.40. The van der Waals surface area contributed by atoms with Crippen molar-refractivity contribution in [2.75, 3.05) is 0 Å². The molecule has 0 saturated heterocycles. The summed E-state index contributed by atoms with van der Waals surface area (Å²) in [5.74, 6) is 0.103. The van der Waals surface area contributed by atoms with E-state index in [9.17, 15) is 9.50 Å². The molecule has 0 saturated carbocycles. The number of halogens is 1. The average molecular weight is 281 g/mol. The molecule has 1 atom stereocenters. The molecule has 0 aliphatic heterocycles. The fourth-order valence-electron chi connectivity index (χ4n) is 1.72. The van der Waals surface area contributed by atoms with Crippen LogP contribution in [0.15, 0.2) is 18.2 Å². The van der Waals surface area contributed by atoms with Gasteiger partial charge in [0.15, 0.2) is 0 Å². The van der Waals surface area contributed by atoms with E-state index in [0.29, 0.717) is 17.9 Å². The Labute approximate surface area is 115 Å². The number of aliphatic hydroxyl groups excluding tert-OH is 1. The molecular weight excluding hydrogens is 265 g/mol. The van der Waals surface area contributed by atoms with Crippen LogP contribution in [0.1, 0.15) is 34.2 Å². The maximum absolute atomic E-state index is 13.2. The van der Waals surface area contributed by atoms with Crippen molar-refractivity contribution in [1.82, 2.24) is 4.98 Å². The lowest BCUT2D eigenvalue weighted by Crippen LogP contribution is -2.01. The Balaban J connectivity index is 2.15. The van der Waals surface area contributed by atoms with Crippen molar-refractivity contribution in [3.63, 3.8) is 0 Å². The van der Waals surface area contributed by atoms with Crippen LogP contribution >= 0.6 is 11.3 Å². The summed E-state index contributed by atoms with van der Waals surface area (Å²) in [5, 5.41) is 10.5. The predicted octanol–water partition coefficient (Wildman–Crippen LogP) is 3.53. The van der Waals surface area contributed by atoms with Crippen LogP contribution in [-0.2, 0) is 6.61 Å². The summed E-state index contributed by atoms with van der Waals surface area (Å²) in [6.07, 6.45) is -0.773. The molecule has 0 fully saturated rings. The van der Waals surface area contributed by atoms with Gasteiger partial charge in [-0.25, -0.2) is 9.37 Å². The molecule has 1 unspecified atom stereocenters. The molecular formula is C14H16FNO2S. The van der Waals surface area contributed by atoms with Crippen molar-refractivity contribution in [1.29, 1.82) is 0 Å². The van der Waals surface area contributed by atoms with Gasteiger partial charge in [-0.3, -0.25) is 0 Å². The van der Waals surface area contributed by atoms with Gasteiger partial charge in [0.05, 0.1) is 11.8 Å². The van der Waals surface area contributed by atoms with Crippen molar-refractivity contribution in [2.24, 2.45) is 0 Å². The molecule has 3 nitrogen and oxygen atoms in total. The van der Waals surface area contributed by atoms with Crippen LogP contribution in [0, 0.1) is 19.7 Å². The van der Waals surface area contributed by atoms with Gasteiger partial charge in [0, 0.05) is 10.4 Å². The van der Waals surface area contributed by atoms with Crippen LogP contribution in [0.3, 0.4) is 0 Å². The lowest BCUT2D eigenvalue weighted by Gasteiger charge is -2.12. The summed E-state index contributed by atoms with van der Waals surface area (Å²) < 4.78 is 18.8. The highest BCUT2D eigenvalue weighted by Crippen LogP contribution is 2.27. The first-order chi connectivity index (χ1) is 8.97. The molecule has 0 amide bonds. The van der Waals surface area contributed by atoms with Gasteiger partial charge in [-0.1, -0.05) is 0 Å². The number of aliphatic hydroxyl groups is 1. The Bertz CT molecular complexity index is 561.